The molecule has 0 aromatic heterocycles. The fourth-order valence-electron chi connectivity index (χ4n) is 1.88. The summed E-state index contributed by atoms with van der Waals surface area (Å²) < 4.78 is 0. The number of rotatable bonds is 0. The molecule has 1 aromatic carbocycles. The summed E-state index contributed by atoms with van der Waals surface area (Å²) in [7, 11) is 0. The van der Waals surface area contributed by atoms with Crippen LogP contribution in [0.25, 0.3) is 0 Å². The molecule has 2 rings (SSSR count). The van der Waals surface area contributed by atoms with E-state index in [-0.39, 0.29) is 0 Å². The number of nitrogens with zero attached hydrogens (tertiary/aromatic N) is 1. The maximum atomic E-state index is 4.45. The van der Waals surface area contributed by atoms with E-state index in [1.807, 2.05) is 0 Å². The topological polar surface area (TPSA) is 12.4 Å². The fraction of sp³-hybridized carbons (Fsp3) is 0.364. The predicted molar refractivity (Wildman–Crippen MR) is 52.0 cm³/mol. The summed E-state index contributed by atoms with van der Waals surface area (Å²) in [6.07, 6.45) is 1.11. The summed E-state index contributed by atoms with van der Waals surface area (Å²) in [6.45, 7) is 5.22. The van der Waals surface area contributed by atoms with Gasteiger partial charge in [0.25, 0.3) is 0 Å². The Labute approximate surface area is 73.1 Å². The monoisotopic (exact) mass is 159 g/mol. The second-order valence-corrected chi connectivity index (χ2v) is 3.33. The third-order valence-corrected chi connectivity index (χ3v) is 2.45. The van der Waals surface area contributed by atoms with Crippen LogP contribution in [0, 0.1) is 6.92 Å². The molecule has 0 unspecified atom stereocenters. The zero-order chi connectivity index (χ0) is 8.55. The van der Waals surface area contributed by atoms with Crippen molar-refractivity contribution in [2.45, 2.75) is 20.3 Å². The van der Waals surface area contributed by atoms with Crippen LogP contribution >= 0.6 is 0 Å². The van der Waals surface area contributed by atoms with Gasteiger partial charge in [-0.1, -0.05) is 18.2 Å². The quantitative estimate of drug-likeness (QED) is 0.551. The van der Waals surface area contributed by atoms with Crippen molar-refractivity contribution in [1.29, 1.82) is 0 Å². The molecule has 0 radical (unpaired) electrons. The Morgan fingerprint density at radius 3 is 2.83 bits per heavy atom. The normalized spacial score (nSPS) is 15.3. The highest BCUT2D eigenvalue weighted by Crippen LogP contribution is 2.19. The largest absolute Gasteiger partial charge is 0.289 e. The van der Waals surface area contributed by atoms with E-state index in [0.717, 1.165) is 13.0 Å². The Hall–Kier alpha value is -1.11. The van der Waals surface area contributed by atoms with E-state index in [1.165, 1.54) is 22.4 Å². The van der Waals surface area contributed by atoms with Gasteiger partial charge in [-0.05, 0) is 31.4 Å². The average Bonchev–Trinajstić information content (AvgIpc) is 2.04. The molecule has 0 bridgehead atoms. The molecule has 1 heterocycles. The Kier molecular flexibility index (Phi) is 1.72. The Morgan fingerprint density at radius 2 is 2.08 bits per heavy atom. The van der Waals surface area contributed by atoms with Crippen LogP contribution in [-0.2, 0) is 6.42 Å². The molecule has 1 aliphatic rings. The second kappa shape index (κ2) is 2.74. The molecular weight excluding hydrogens is 146 g/mol. The van der Waals surface area contributed by atoms with Crippen molar-refractivity contribution in [1.82, 2.24) is 0 Å². The van der Waals surface area contributed by atoms with Gasteiger partial charge in [0, 0.05) is 17.8 Å². The minimum Gasteiger partial charge on any atom is -0.289 e. The van der Waals surface area contributed by atoms with E-state index in [1.54, 1.807) is 0 Å². The van der Waals surface area contributed by atoms with Gasteiger partial charge in [0.2, 0.25) is 0 Å². The third kappa shape index (κ3) is 1.06. The number of hydrogen-bond acceptors (Lipinski definition) is 1. The second-order valence-electron chi connectivity index (χ2n) is 3.33. The predicted octanol–water partition coefficient (Wildman–Crippen LogP) is 2.36. The molecule has 0 amide bonds. The molecule has 62 valence electrons. The van der Waals surface area contributed by atoms with E-state index in [4.69, 9.17) is 0 Å². The van der Waals surface area contributed by atoms with Crippen molar-refractivity contribution in [3.05, 3.63) is 34.9 Å². The number of aliphatic imine (C=N–C) groups is 1. The minimum atomic E-state index is 0.961. The number of benzene rings is 1. The number of hydrogen-bond donors (Lipinski definition) is 0. The van der Waals surface area contributed by atoms with E-state index < -0.39 is 0 Å². The first-order valence-corrected chi connectivity index (χ1v) is 4.39. The maximum Gasteiger partial charge on any atom is 0.0433 e. The fourth-order valence-corrected chi connectivity index (χ4v) is 1.88. The van der Waals surface area contributed by atoms with Crippen molar-refractivity contribution < 1.29 is 0 Å². The lowest BCUT2D eigenvalue weighted by molar-refractivity contribution is 0.938. The van der Waals surface area contributed by atoms with Crippen molar-refractivity contribution in [3.8, 4) is 0 Å². The smallest absolute Gasteiger partial charge is 0.0433 e. The lowest BCUT2D eigenvalue weighted by Gasteiger charge is -2.16. The van der Waals surface area contributed by atoms with Gasteiger partial charge in [0.15, 0.2) is 0 Å². The zero-order valence-corrected chi connectivity index (χ0v) is 7.59. The van der Waals surface area contributed by atoms with Crippen LogP contribution in [0.3, 0.4) is 0 Å². The van der Waals surface area contributed by atoms with Gasteiger partial charge in [-0.25, -0.2) is 0 Å². The molecular formula is C11H13N. The van der Waals surface area contributed by atoms with Crippen molar-refractivity contribution in [2.75, 3.05) is 6.54 Å². The first-order chi connectivity index (χ1) is 5.79. The van der Waals surface area contributed by atoms with Gasteiger partial charge in [-0.3, -0.25) is 4.99 Å². The van der Waals surface area contributed by atoms with Gasteiger partial charge in [0.05, 0.1) is 0 Å². The standard InChI is InChI=1S/C11H13N/c1-8-4-3-5-10-6-7-12-9(2)11(8)10/h3-5H,6-7H2,1-2H3. The Balaban J connectivity index is 2.64. The SMILES string of the molecule is CC1=NCCc2cccc(C)c21. The lowest BCUT2D eigenvalue weighted by atomic mass is 9.94. The summed E-state index contributed by atoms with van der Waals surface area (Å²) in [5, 5.41) is 0. The highest BCUT2D eigenvalue weighted by atomic mass is 14.7. The van der Waals surface area contributed by atoms with Crippen LogP contribution < -0.4 is 0 Å². The van der Waals surface area contributed by atoms with Gasteiger partial charge < -0.3 is 0 Å². The summed E-state index contributed by atoms with van der Waals surface area (Å²) in [6, 6.07) is 6.50. The molecule has 1 aliphatic heterocycles. The number of aryl methyl sites for hydroxylation is 1. The highest BCUT2D eigenvalue weighted by Gasteiger charge is 2.11. The first kappa shape index (κ1) is 7.53. The average molecular weight is 159 g/mol. The summed E-state index contributed by atoms with van der Waals surface area (Å²) in [4.78, 5) is 4.45. The summed E-state index contributed by atoms with van der Waals surface area (Å²) in [5.74, 6) is 0. The van der Waals surface area contributed by atoms with E-state index in [0.29, 0.717) is 0 Å². The van der Waals surface area contributed by atoms with Crippen LogP contribution in [0.15, 0.2) is 23.2 Å². The van der Waals surface area contributed by atoms with E-state index >= 15 is 0 Å². The lowest BCUT2D eigenvalue weighted by Crippen LogP contribution is -2.11. The third-order valence-electron chi connectivity index (χ3n) is 2.45. The minimum absolute atomic E-state index is 0.961. The number of fused-ring (bicyclic) bond motifs is 1. The zero-order valence-electron chi connectivity index (χ0n) is 7.59. The molecule has 0 saturated carbocycles. The molecule has 0 saturated heterocycles. The molecule has 0 fully saturated rings. The molecule has 0 aliphatic carbocycles. The van der Waals surface area contributed by atoms with Crippen LogP contribution in [0.2, 0.25) is 0 Å². The molecule has 1 aromatic rings. The van der Waals surface area contributed by atoms with Crippen LogP contribution in [-0.4, -0.2) is 12.3 Å². The van der Waals surface area contributed by atoms with E-state index in [9.17, 15) is 0 Å². The van der Waals surface area contributed by atoms with Gasteiger partial charge in [0.1, 0.15) is 0 Å². The van der Waals surface area contributed by atoms with Gasteiger partial charge in [-0.2, -0.15) is 0 Å². The van der Waals surface area contributed by atoms with Crippen LogP contribution in [0.4, 0.5) is 0 Å². The summed E-state index contributed by atoms with van der Waals surface area (Å²) >= 11 is 0. The molecule has 0 atom stereocenters. The summed E-state index contributed by atoms with van der Waals surface area (Å²) in [5.41, 5.74) is 5.40. The van der Waals surface area contributed by atoms with Crippen molar-refractivity contribution >= 4 is 5.71 Å². The first-order valence-electron chi connectivity index (χ1n) is 4.39. The molecule has 0 N–H and O–H groups in total. The molecule has 0 spiro atoms. The molecule has 1 heteroatoms. The van der Waals surface area contributed by atoms with Crippen molar-refractivity contribution in [2.24, 2.45) is 4.99 Å². The van der Waals surface area contributed by atoms with E-state index in [2.05, 4.69) is 37.0 Å². The van der Waals surface area contributed by atoms with Crippen LogP contribution in [0.5, 0.6) is 0 Å². The van der Waals surface area contributed by atoms with Gasteiger partial charge in [-0.15, -0.1) is 0 Å². The Morgan fingerprint density at radius 1 is 1.25 bits per heavy atom. The molecule has 1 nitrogen and oxygen atoms in total. The van der Waals surface area contributed by atoms with Gasteiger partial charge >= 0.3 is 0 Å². The molecule has 12 heavy (non-hydrogen) atoms. The highest BCUT2D eigenvalue weighted by molar-refractivity contribution is 6.01. The maximum absolute atomic E-state index is 4.45. The Bertz CT molecular complexity index is 337. The van der Waals surface area contributed by atoms with Crippen molar-refractivity contribution in [3.63, 3.8) is 0 Å². The van der Waals surface area contributed by atoms with Crippen LogP contribution in [0.1, 0.15) is 23.6 Å².